The number of carboxylic acid groups (broad SMARTS) is 1. The van der Waals surface area contributed by atoms with Crippen molar-refractivity contribution in [2.45, 2.75) is 39.5 Å². The second-order valence-corrected chi connectivity index (χ2v) is 4.91. The van der Waals surface area contributed by atoms with Gasteiger partial charge in [-0.2, -0.15) is 0 Å². The van der Waals surface area contributed by atoms with Gasteiger partial charge in [0.05, 0.1) is 5.39 Å². The lowest BCUT2D eigenvalue weighted by Crippen LogP contribution is -2.08. The van der Waals surface area contributed by atoms with Gasteiger partial charge >= 0.3 is 5.97 Å². The van der Waals surface area contributed by atoms with Gasteiger partial charge in [0.2, 0.25) is 5.76 Å². The molecule has 106 valence electrons. The van der Waals surface area contributed by atoms with Crippen LogP contribution in [0.25, 0.3) is 11.0 Å². The maximum absolute atomic E-state index is 12.1. The monoisotopic (exact) mass is 274 g/mol. The molecule has 0 fully saturated rings. The van der Waals surface area contributed by atoms with E-state index in [0.29, 0.717) is 11.0 Å². The van der Waals surface area contributed by atoms with Gasteiger partial charge in [0.25, 0.3) is 0 Å². The van der Waals surface area contributed by atoms with Crippen molar-refractivity contribution < 1.29 is 14.3 Å². The van der Waals surface area contributed by atoms with Crippen LogP contribution < -0.4 is 5.43 Å². The summed E-state index contributed by atoms with van der Waals surface area (Å²) >= 11 is 0. The third-order valence-electron chi connectivity index (χ3n) is 3.23. The van der Waals surface area contributed by atoms with Crippen molar-refractivity contribution in [2.24, 2.45) is 0 Å². The number of aryl methyl sites for hydroxylation is 2. The Morgan fingerprint density at radius 1 is 1.15 bits per heavy atom. The summed E-state index contributed by atoms with van der Waals surface area (Å²) in [5.74, 6) is -1.52. The van der Waals surface area contributed by atoms with Crippen LogP contribution >= 0.6 is 0 Å². The van der Waals surface area contributed by atoms with E-state index in [1.54, 1.807) is 0 Å². The van der Waals surface area contributed by atoms with E-state index < -0.39 is 5.97 Å². The van der Waals surface area contributed by atoms with Crippen LogP contribution in [0.15, 0.2) is 27.4 Å². The van der Waals surface area contributed by atoms with Gasteiger partial charge in [0.1, 0.15) is 5.58 Å². The molecule has 20 heavy (non-hydrogen) atoms. The second kappa shape index (κ2) is 5.90. The molecule has 0 bridgehead atoms. The zero-order chi connectivity index (χ0) is 14.7. The average Bonchev–Trinajstić information content (AvgIpc) is 2.40. The maximum Gasteiger partial charge on any atom is 0.371 e. The lowest BCUT2D eigenvalue weighted by Gasteiger charge is -2.08. The summed E-state index contributed by atoms with van der Waals surface area (Å²) < 4.78 is 5.42. The smallest absolute Gasteiger partial charge is 0.371 e. The fourth-order valence-corrected chi connectivity index (χ4v) is 2.39. The summed E-state index contributed by atoms with van der Waals surface area (Å²) in [6.07, 6.45) is 3.56. The maximum atomic E-state index is 12.1. The molecular weight excluding hydrogens is 256 g/mol. The van der Waals surface area contributed by atoms with Crippen LogP contribution in [0.2, 0.25) is 0 Å². The highest BCUT2D eigenvalue weighted by Crippen LogP contribution is 2.22. The van der Waals surface area contributed by atoms with E-state index in [-0.39, 0.29) is 11.2 Å². The Labute approximate surface area is 117 Å². The third kappa shape index (κ3) is 2.74. The Balaban J connectivity index is 2.75. The minimum atomic E-state index is -1.22. The number of carboxylic acids is 1. The number of fused-ring (bicyclic) bond motifs is 1. The molecule has 1 aromatic carbocycles. The van der Waals surface area contributed by atoms with Gasteiger partial charge in [-0.05, 0) is 30.0 Å². The van der Waals surface area contributed by atoms with E-state index in [2.05, 4.69) is 6.92 Å². The van der Waals surface area contributed by atoms with Crippen molar-refractivity contribution in [1.82, 2.24) is 0 Å². The van der Waals surface area contributed by atoms with Crippen molar-refractivity contribution in [2.75, 3.05) is 0 Å². The van der Waals surface area contributed by atoms with Crippen molar-refractivity contribution in [1.29, 1.82) is 0 Å². The second-order valence-electron chi connectivity index (χ2n) is 4.91. The van der Waals surface area contributed by atoms with Gasteiger partial charge in [-0.25, -0.2) is 4.79 Å². The number of hydrogen-bond donors (Lipinski definition) is 1. The Kier molecular flexibility index (Phi) is 4.23. The normalized spacial score (nSPS) is 10.9. The molecule has 1 N–H and O–H groups in total. The number of aromatic carboxylic acids is 1. The SMILES string of the molecule is CCCc1cc(CCC)c2oc(C(=O)O)cc(=O)c2c1. The average molecular weight is 274 g/mol. The Morgan fingerprint density at radius 3 is 2.45 bits per heavy atom. The van der Waals surface area contributed by atoms with Gasteiger partial charge in [0.15, 0.2) is 5.43 Å². The predicted octanol–water partition coefficient (Wildman–Crippen LogP) is 3.40. The quantitative estimate of drug-likeness (QED) is 0.907. The first-order valence-electron chi connectivity index (χ1n) is 6.89. The molecule has 0 amide bonds. The topological polar surface area (TPSA) is 67.5 Å². The van der Waals surface area contributed by atoms with E-state index in [4.69, 9.17) is 9.52 Å². The highest BCUT2D eigenvalue weighted by molar-refractivity contribution is 5.88. The minimum Gasteiger partial charge on any atom is -0.475 e. The Morgan fingerprint density at radius 2 is 1.85 bits per heavy atom. The highest BCUT2D eigenvalue weighted by atomic mass is 16.4. The number of benzene rings is 1. The summed E-state index contributed by atoms with van der Waals surface area (Å²) in [4.78, 5) is 23.1. The number of rotatable bonds is 5. The van der Waals surface area contributed by atoms with Crippen LogP contribution in [-0.4, -0.2) is 11.1 Å². The molecule has 2 rings (SSSR count). The molecule has 4 nitrogen and oxygen atoms in total. The molecule has 0 unspecified atom stereocenters. The molecular formula is C16H18O4. The fourth-order valence-electron chi connectivity index (χ4n) is 2.39. The summed E-state index contributed by atoms with van der Waals surface area (Å²) in [7, 11) is 0. The molecule has 0 aliphatic rings. The zero-order valence-corrected chi connectivity index (χ0v) is 11.7. The van der Waals surface area contributed by atoms with E-state index in [0.717, 1.165) is 42.9 Å². The summed E-state index contributed by atoms with van der Waals surface area (Å²) in [6, 6.07) is 4.88. The molecule has 0 saturated carbocycles. The highest BCUT2D eigenvalue weighted by Gasteiger charge is 2.14. The van der Waals surface area contributed by atoms with Crippen LogP contribution in [0.5, 0.6) is 0 Å². The van der Waals surface area contributed by atoms with Crippen molar-refractivity contribution >= 4 is 16.9 Å². The molecule has 1 aromatic heterocycles. The van der Waals surface area contributed by atoms with Gasteiger partial charge in [0, 0.05) is 6.07 Å². The molecule has 0 saturated heterocycles. The predicted molar refractivity (Wildman–Crippen MR) is 77.4 cm³/mol. The third-order valence-corrected chi connectivity index (χ3v) is 3.23. The molecule has 0 aliphatic carbocycles. The molecule has 1 heterocycles. The van der Waals surface area contributed by atoms with Crippen LogP contribution in [0.1, 0.15) is 48.4 Å². The van der Waals surface area contributed by atoms with Crippen LogP contribution in [-0.2, 0) is 12.8 Å². The summed E-state index contributed by atoms with van der Waals surface area (Å²) in [5.41, 5.74) is 2.13. The van der Waals surface area contributed by atoms with Crippen LogP contribution in [0, 0.1) is 0 Å². The molecule has 4 heteroatoms. The lowest BCUT2D eigenvalue weighted by molar-refractivity contribution is 0.0663. The van der Waals surface area contributed by atoms with Crippen molar-refractivity contribution in [3.05, 3.63) is 45.3 Å². The fraction of sp³-hybridized carbons (Fsp3) is 0.375. The summed E-state index contributed by atoms with van der Waals surface area (Å²) in [5, 5.41) is 9.47. The van der Waals surface area contributed by atoms with Gasteiger partial charge in [-0.1, -0.05) is 32.8 Å². The van der Waals surface area contributed by atoms with Crippen LogP contribution in [0.4, 0.5) is 0 Å². The van der Waals surface area contributed by atoms with Gasteiger partial charge in [-0.15, -0.1) is 0 Å². The molecule has 0 atom stereocenters. The summed E-state index contributed by atoms with van der Waals surface area (Å²) in [6.45, 7) is 4.12. The van der Waals surface area contributed by atoms with E-state index in [1.807, 2.05) is 19.1 Å². The van der Waals surface area contributed by atoms with E-state index in [1.165, 1.54) is 0 Å². The molecule has 0 aliphatic heterocycles. The lowest BCUT2D eigenvalue weighted by atomic mass is 10.00. The molecule has 2 aromatic rings. The van der Waals surface area contributed by atoms with Crippen LogP contribution in [0.3, 0.4) is 0 Å². The largest absolute Gasteiger partial charge is 0.475 e. The molecule has 0 spiro atoms. The Hall–Kier alpha value is -2.10. The van der Waals surface area contributed by atoms with E-state index >= 15 is 0 Å². The van der Waals surface area contributed by atoms with E-state index in [9.17, 15) is 9.59 Å². The first-order chi connectivity index (χ1) is 9.56. The minimum absolute atomic E-state index is 0.293. The molecule has 0 radical (unpaired) electrons. The zero-order valence-electron chi connectivity index (χ0n) is 11.7. The van der Waals surface area contributed by atoms with Gasteiger partial charge < -0.3 is 9.52 Å². The first kappa shape index (κ1) is 14.3. The number of hydrogen-bond acceptors (Lipinski definition) is 3. The van der Waals surface area contributed by atoms with Crippen molar-refractivity contribution in [3.63, 3.8) is 0 Å². The number of carbonyl (C=O) groups is 1. The standard InChI is InChI=1S/C16H18O4/c1-3-5-10-7-11(6-4-2)15-12(8-10)13(17)9-14(20-15)16(18)19/h7-9H,3-6H2,1-2H3,(H,18,19). The van der Waals surface area contributed by atoms with Crippen molar-refractivity contribution in [3.8, 4) is 0 Å². The Bertz CT molecular complexity index is 697. The first-order valence-corrected chi connectivity index (χ1v) is 6.89. The van der Waals surface area contributed by atoms with Gasteiger partial charge in [-0.3, -0.25) is 4.79 Å².